The van der Waals surface area contributed by atoms with Gasteiger partial charge in [-0.15, -0.1) is 0 Å². The number of nitrogens with zero attached hydrogens (tertiary/aromatic N) is 2. The van der Waals surface area contributed by atoms with Gasteiger partial charge in [-0.05, 0) is 46.8 Å². The van der Waals surface area contributed by atoms with E-state index >= 15 is 0 Å². The van der Waals surface area contributed by atoms with Crippen molar-refractivity contribution in [1.82, 2.24) is 10.2 Å². The highest BCUT2D eigenvalue weighted by atomic mass is 16.6. The van der Waals surface area contributed by atoms with Crippen molar-refractivity contribution in [1.29, 1.82) is 0 Å². The van der Waals surface area contributed by atoms with Crippen molar-refractivity contribution < 1.29 is 9.53 Å². The number of ether oxygens (including phenoxy) is 1. The third-order valence-electron chi connectivity index (χ3n) is 4.48. The molecule has 1 aliphatic carbocycles. The Kier molecular flexibility index (Phi) is 11.5. The van der Waals surface area contributed by atoms with Crippen molar-refractivity contribution in [2.75, 3.05) is 33.7 Å². The van der Waals surface area contributed by atoms with E-state index in [0.29, 0.717) is 19.1 Å². The smallest absolute Gasteiger partial charge is 0.316 e. The number of hydrogen-bond donors (Lipinski definition) is 1. The van der Waals surface area contributed by atoms with Gasteiger partial charge in [0.1, 0.15) is 0 Å². The van der Waals surface area contributed by atoms with Crippen LogP contribution in [0.25, 0.3) is 0 Å². The lowest BCUT2D eigenvalue weighted by molar-refractivity contribution is -0.141. The fourth-order valence-electron chi connectivity index (χ4n) is 3.07. The molecule has 1 aliphatic rings. The standard InChI is InChI=1S/C19H37N3O2/c1-4-20-19(21-15-12-16-22(2)3)24-18(23)17-13-10-8-6-5-7-9-11-14-17/h17H,4-16H2,1-3H3,(H,20,21). The van der Waals surface area contributed by atoms with E-state index < -0.39 is 0 Å². The minimum atomic E-state index is -0.0946. The van der Waals surface area contributed by atoms with Gasteiger partial charge in [0, 0.05) is 13.1 Å². The first-order valence-corrected chi connectivity index (χ1v) is 9.78. The largest absolute Gasteiger partial charge is 0.393 e. The van der Waals surface area contributed by atoms with E-state index in [1.807, 2.05) is 21.0 Å². The highest BCUT2D eigenvalue weighted by Gasteiger charge is 2.21. The molecule has 0 aliphatic heterocycles. The van der Waals surface area contributed by atoms with Gasteiger partial charge in [0.25, 0.3) is 6.02 Å². The quantitative estimate of drug-likeness (QED) is 0.348. The van der Waals surface area contributed by atoms with Crippen molar-refractivity contribution in [2.24, 2.45) is 10.9 Å². The van der Waals surface area contributed by atoms with Crippen LogP contribution in [0, 0.1) is 5.92 Å². The predicted molar refractivity (Wildman–Crippen MR) is 100 cm³/mol. The van der Waals surface area contributed by atoms with Crippen LogP contribution in [0.15, 0.2) is 4.99 Å². The number of esters is 1. The topological polar surface area (TPSA) is 53.9 Å². The predicted octanol–water partition coefficient (Wildman–Crippen LogP) is 3.59. The summed E-state index contributed by atoms with van der Waals surface area (Å²) in [7, 11) is 4.10. The van der Waals surface area contributed by atoms with Gasteiger partial charge in [0.05, 0.1) is 5.92 Å². The minimum absolute atomic E-state index is 0.0359. The second-order valence-corrected chi connectivity index (χ2v) is 7.04. The molecule has 1 saturated carbocycles. The van der Waals surface area contributed by atoms with Crippen molar-refractivity contribution in [2.45, 2.75) is 71.1 Å². The van der Waals surface area contributed by atoms with Gasteiger partial charge in [0.2, 0.25) is 0 Å². The van der Waals surface area contributed by atoms with Crippen LogP contribution >= 0.6 is 0 Å². The zero-order valence-corrected chi connectivity index (χ0v) is 16.0. The number of carbonyl (C=O) groups excluding carboxylic acids is 1. The highest BCUT2D eigenvalue weighted by Crippen LogP contribution is 2.22. The summed E-state index contributed by atoms with van der Waals surface area (Å²) < 4.78 is 5.59. The Bertz CT molecular complexity index is 360. The van der Waals surface area contributed by atoms with E-state index in [4.69, 9.17) is 4.74 Å². The van der Waals surface area contributed by atoms with Crippen molar-refractivity contribution in [3.05, 3.63) is 0 Å². The van der Waals surface area contributed by atoms with E-state index in [-0.39, 0.29) is 11.9 Å². The minimum Gasteiger partial charge on any atom is -0.393 e. The molecule has 0 saturated heterocycles. The Morgan fingerprint density at radius 2 is 1.67 bits per heavy atom. The van der Waals surface area contributed by atoms with Gasteiger partial charge in [-0.25, -0.2) is 4.99 Å². The molecule has 5 nitrogen and oxygen atoms in total. The molecular weight excluding hydrogens is 302 g/mol. The molecule has 0 aromatic carbocycles. The third kappa shape index (κ3) is 9.91. The molecule has 0 spiro atoms. The van der Waals surface area contributed by atoms with Gasteiger partial charge in [0.15, 0.2) is 0 Å². The Hall–Kier alpha value is -1.10. The van der Waals surface area contributed by atoms with Crippen LogP contribution < -0.4 is 5.32 Å². The second-order valence-electron chi connectivity index (χ2n) is 7.04. The highest BCUT2D eigenvalue weighted by molar-refractivity contribution is 5.88. The first-order valence-electron chi connectivity index (χ1n) is 9.78. The Labute approximate surface area is 148 Å². The van der Waals surface area contributed by atoms with Crippen LogP contribution in [0.2, 0.25) is 0 Å². The van der Waals surface area contributed by atoms with Gasteiger partial charge in [-0.2, -0.15) is 0 Å². The number of aliphatic imine (C=N–C) groups is 1. The normalized spacial score (nSPS) is 18.4. The lowest BCUT2D eigenvalue weighted by Gasteiger charge is -2.18. The third-order valence-corrected chi connectivity index (χ3v) is 4.48. The van der Waals surface area contributed by atoms with Crippen LogP contribution in [-0.4, -0.2) is 50.6 Å². The first-order chi connectivity index (χ1) is 11.6. The Morgan fingerprint density at radius 1 is 1.08 bits per heavy atom. The molecule has 1 fully saturated rings. The molecule has 5 heteroatoms. The fourth-order valence-corrected chi connectivity index (χ4v) is 3.07. The van der Waals surface area contributed by atoms with Gasteiger partial charge < -0.3 is 15.0 Å². The number of hydrogen-bond acceptors (Lipinski definition) is 4. The monoisotopic (exact) mass is 339 g/mol. The summed E-state index contributed by atoms with van der Waals surface area (Å²) in [5.74, 6) is -0.0587. The first kappa shape index (κ1) is 20.9. The summed E-state index contributed by atoms with van der Waals surface area (Å²) in [5.41, 5.74) is 0. The Morgan fingerprint density at radius 3 is 2.21 bits per heavy atom. The van der Waals surface area contributed by atoms with Crippen molar-refractivity contribution in [3.63, 3.8) is 0 Å². The summed E-state index contributed by atoms with van der Waals surface area (Å²) in [5, 5.41) is 3.08. The average Bonchev–Trinajstić information content (AvgIpc) is 2.56. The van der Waals surface area contributed by atoms with Crippen LogP contribution in [0.4, 0.5) is 0 Å². The summed E-state index contributed by atoms with van der Waals surface area (Å²) in [6, 6.07) is 0.401. The van der Waals surface area contributed by atoms with E-state index in [0.717, 1.165) is 38.6 Å². The molecule has 0 amide bonds. The van der Waals surface area contributed by atoms with Crippen molar-refractivity contribution in [3.8, 4) is 0 Å². The van der Waals surface area contributed by atoms with E-state index in [1.165, 1.54) is 32.1 Å². The molecule has 24 heavy (non-hydrogen) atoms. The SMILES string of the molecule is CCNC(=NCCCN(C)C)OC(=O)C1CCCCCCCCC1. The fraction of sp³-hybridized carbons (Fsp3) is 0.895. The second kappa shape index (κ2) is 13.2. The molecule has 1 rings (SSSR count). The van der Waals surface area contributed by atoms with E-state index in [9.17, 15) is 4.79 Å². The summed E-state index contributed by atoms with van der Waals surface area (Å²) >= 11 is 0. The molecule has 0 atom stereocenters. The molecule has 0 unspecified atom stereocenters. The van der Waals surface area contributed by atoms with Gasteiger partial charge in [-0.1, -0.05) is 44.9 Å². The number of amidine groups is 1. The summed E-state index contributed by atoms with van der Waals surface area (Å²) in [6.07, 6.45) is 11.6. The number of rotatable bonds is 6. The zero-order valence-electron chi connectivity index (χ0n) is 16.0. The summed E-state index contributed by atoms with van der Waals surface area (Å²) in [4.78, 5) is 19.1. The maximum absolute atomic E-state index is 12.5. The van der Waals surface area contributed by atoms with E-state index in [2.05, 4.69) is 15.2 Å². The van der Waals surface area contributed by atoms with Crippen LogP contribution in [-0.2, 0) is 9.53 Å². The molecule has 0 aromatic heterocycles. The molecule has 0 radical (unpaired) electrons. The summed E-state index contributed by atoms with van der Waals surface area (Å²) in [6.45, 7) is 4.37. The van der Waals surface area contributed by atoms with Crippen molar-refractivity contribution >= 4 is 12.0 Å². The molecule has 140 valence electrons. The Balaban J connectivity index is 2.49. The maximum atomic E-state index is 12.5. The lowest BCUT2D eigenvalue weighted by Crippen LogP contribution is -2.31. The van der Waals surface area contributed by atoms with Crippen LogP contribution in [0.3, 0.4) is 0 Å². The number of nitrogens with one attached hydrogen (secondary N) is 1. The van der Waals surface area contributed by atoms with Gasteiger partial charge >= 0.3 is 5.97 Å². The van der Waals surface area contributed by atoms with Crippen LogP contribution in [0.5, 0.6) is 0 Å². The lowest BCUT2D eigenvalue weighted by atomic mass is 9.92. The molecule has 0 bridgehead atoms. The molecule has 1 N–H and O–H groups in total. The molecule has 0 heterocycles. The van der Waals surface area contributed by atoms with Gasteiger partial charge in [-0.3, -0.25) is 4.79 Å². The molecule has 0 aromatic rings. The zero-order chi connectivity index (χ0) is 17.6. The maximum Gasteiger partial charge on any atom is 0.316 e. The average molecular weight is 340 g/mol. The molecular formula is C19H37N3O2. The number of carbonyl (C=O) groups is 1. The van der Waals surface area contributed by atoms with Crippen LogP contribution in [0.1, 0.15) is 71.1 Å². The van der Waals surface area contributed by atoms with E-state index in [1.54, 1.807) is 0 Å².